The van der Waals surface area contributed by atoms with Gasteiger partial charge in [0.1, 0.15) is 23.6 Å². The quantitative estimate of drug-likeness (QED) is 0.262. The van der Waals surface area contributed by atoms with Crippen molar-refractivity contribution >= 4 is 55.7 Å². The summed E-state index contributed by atoms with van der Waals surface area (Å²) in [4.78, 5) is 32.2. The summed E-state index contributed by atoms with van der Waals surface area (Å²) in [5.74, 6) is -0.351. The molecule has 1 amide bonds. The molecule has 3 aromatic heterocycles. The summed E-state index contributed by atoms with van der Waals surface area (Å²) in [6.45, 7) is 6.09. The monoisotopic (exact) mass is 605 g/mol. The number of likely N-dealkylation sites (tertiary alicyclic amines) is 1. The highest BCUT2D eigenvalue weighted by Crippen LogP contribution is 2.39. The zero-order chi connectivity index (χ0) is 29.4. The Morgan fingerprint density at radius 1 is 1.31 bits per heavy atom. The molecule has 2 atom stereocenters. The van der Waals surface area contributed by atoms with Crippen molar-refractivity contribution in [1.29, 1.82) is 5.26 Å². The van der Waals surface area contributed by atoms with Crippen LogP contribution in [0.4, 0.5) is 10.2 Å². The highest BCUT2D eigenvalue weighted by atomic mass is 35.5. The van der Waals surface area contributed by atoms with E-state index in [0.717, 1.165) is 29.5 Å². The molecule has 0 aliphatic carbocycles. The molecule has 12 heteroatoms. The standard InChI is InChI=1S/C30H29ClFN7O2S/c1-3-24(40)39-13-12-38(16-19(39)9-10-33)29-22-15-34-26(21-8-4-6-18-14-23(31)42-28(18)21)25(32)27(22)35-30(36-29)41-17-20-7-5-11-37(20)2/h3-4,6,8,14-15,19-20H,1,5,7,9,11-13,16-17H2,2H3/t19-,20-/m0/s1. The van der Waals surface area contributed by atoms with E-state index < -0.39 is 5.82 Å². The number of pyridine rings is 1. The average Bonchev–Trinajstić information content (AvgIpc) is 3.59. The van der Waals surface area contributed by atoms with E-state index in [0.29, 0.717) is 47.3 Å². The van der Waals surface area contributed by atoms with Gasteiger partial charge in [0, 0.05) is 42.1 Å². The average molecular weight is 606 g/mol. The van der Waals surface area contributed by atoms with Crippen LogP contribution in [0, 0.1) is 17.1 Å². The Balaban J connectivity index is 1.44. The maximum Gasteiger partial charge on any atom is 0.319 e. The number of carbonyl (C=O) groups is 1. The van der Waals surface area contributed by atoms with Crippen molar-refractivity contribution in [1.82, 2.24) is 24.8 Å². The summed E-state index contributed by atoms with van der Waals surface area (Å²) >= 11 is 7.66. The van der Waals surface area contributed by atoms with E-state index in [2.05, 4.69) is 34.6 Å². The Morgan fingerprint density at radius 2 is 2.17 bits per heavy atom. The zero-order valence-electron chi connectivity index (χ0n) is 23.1. The summed E-state index contributed by atoms with van der Waals surface area (Å²) < 4.78 is 24.0. The second-order valence-electron chi connectivity index (χ2n) is 10.6. The number of hydrogen-bond donors (Lipinski definition) is 0. The minimum atomic E-state index is -0.579. The van der Waals surface area contributed by atoms with Gasteiger partial charge in [-0.15, -0.1) is 11.3 Å². The Bertz CT molecular complexity index is 1720. The molecule has 2 aliphatic heterocycles. The molecule has 0 spiro atoms. The van der Waals surface area contributed by atoms with Crippen LogP contribution in [0.2, 0.25) is 4.34 Å². The third kappa shape index (κ3) is 5.26. The lowest BCUT2D eigenvalue weighted by molar-refractivity contribution is -0.128. The van der Waals surface area contributed by atoms with Crippen molar-refractivity contribution in [2.45, 2.75) is 31.3 Å². The third-order valence-electron chi connectivity index (χ3n) is 8.06. The molecule has 42 heavy (non-hydrogen) atoms. The molecule has 2 saturated heterocycles. The molecule has 216 valence electrons. The molecule has 4 aromatic rings. The maximum atomic E-state index is 16.5. The van der Waals surface area contributed by atoms with Gasteiger partial charge < -0.3 is 19.4 Å². The number of hydrogen-bond acceptors (Lipinski definition) is 9. The number of piperazine rings is 1. The van der Waals surface area contributed by atoms with E-state index in [1.165, 1.54) is 17.4 Å². The van der Waals surface area contributed by atoms with Gasteiger partial charge in [0.25, 0.3) is 0 Å². The van der Waals surface area contributed by atoms with E-state index >= 15 is 4.39 Å². The van der Waals surface area contributed by atoms with Gasteiger partial charge in [0.15, 0.2) is 5.82 Å². The summed E-state index contributed by atoms with van der Waals surface area (Å²) in [7, 11) is 2.06. The first-order valence-corrected chi connectivity index (χ1v) is 15.0. The van der Waals surface area contributed by atoms with Gasteiger partial charge in [-0.3, -0.25) is 9.78 Å². The van der Waals surface area contributed by atoms with Gasteiger partial charge in [0.05, 0.1) is 28.3 Å². The second-order valence-corrected chi connectivity index (χ2v) is 12.3. The van der Waals surface area contributed by atoms with Gasteiger partial charge in [-0.05, 0) is 44.0 Å². The number of carbonyl (C=O) groups excluding carboxylic acids is 1. The smallest absolute Gasteiger partial charge is 0.319 e. The number of aromatic nitrogens is 3. The molecule has 0 unspecified atom stereocenters. The van der Waals surface area contributed by atoms with Crippen molar-refractivity contribution in [3.8, 4) is 23.3 Å². The van der Waals surface area contributed by atoms with Crippen LogP contribution in [0.15, 0.2) is 43.1 Å². The summed E-state index contributed by atoms with van der Waals surface area (Å²) in [5.41, 5.74) is 0.895. The van der Waals surface area contributed by atoms with Crippen LogP contribution < -0.4 is 9.64 Å². The fraction of sp³-hybridized carbons (Fsp3) is 0.367. The molecular formula is C30H29ClFN7O2S. The molecule has 0 saturated carbocycles. The van der Waals surface area contributed by atoms with Crippen LogP contribution in [0.25, 0.3) is 32.2 Å². The fourth-order valence-corrected chi connectivity index (χ4v) is 7.08. The van der Waals surface area contributed by atoms with Gasteiger partial charge >= 0.3 is 6.01 Å². The van der Waals surface area contributed by atoms with E-state index in [1.54, 1.807) is 11.1 Å². The molecule has 2 fully saturated rings. The SMILES string of the molecule is C=CC(=O)N1CCN(c2nc(OC[C@@H]3CCCN3C)nc3c(F)c(-c4cccc5cc(Cl)sc45)ncc23)C[C@@H]1CC#N. The minimum Gasteiger partial charge on any atom is -0.462 e. The Hall–Kier alpha value is -3.85. The van der Waals surface area contributed by atoms with Crippen LogP contribution in [-0.4, -0.2) is 82.6 Å². The number of thiophene rings is 1. The molecule has 5 heterocycles. The molecule has 1 aromatic carbocycles. The Labute approximate surface area is 251 Å². The fourth-order valence-electron chi connectivity index (χ4n) is 5.83. The summed E-state index contributed by atoms with van der Waals surface area (Å²) in [6, 6.07) is 9.55. The second kappa shape index (κ2) is 11.8. The topological polar surface area (TPSA) is 98.5 Å². The van der Waals surface area contributed by atoms with E-state index in [9.17, 15) is 10.1 Å². The molecule has 9 nitrogen and oxygen atoms in total. The van der Waals surface area contributed by atoms with Crippen LogP contribution in [0.3, 0.4) is 0 Å². The molecule has 6 rings (SSSR count). The number of anilines is 1. The first-order chi connectivity index (χ1) is 20.4. The number of benzene rings is 1. The lowest BCUT2D eigenvalue weighted by Gasteiger charge is -2.41. The van der Waals surface area contributed by atoms with Gasteiger partial charge in [-0.2, -0.15) is 15.2 Å². The van der Waals surface area contributed by atoms with E-state index in [-0.39, 0.29) is 41.6 Å². The number of nitriles is 1. The van der Waals surface area contributed by atoms with E-state index in [4.69, 9.17) is 21.3 Å². The lowest BCUT2D eigenvalue weighted by Crippen LogP contribution is -2.55. The molecule has 0 N–H and O–H groups in total. The number of rotatable bonds is 7. The van der Waals surface area contributed by atoms with Crippen LogP contribution in [0.1, 0.15) is 19.3 Å². The number of fused-ring (bicyclic) bond motifs is 2. The Morgan fingerprint density at radius 3 is 2.93 bits per heavy atom. The zero-order valence-corrected chi connectivity index (χ0v) is 24.7. The highest BCUT2D eigenvalue weighted by Gasteiger charge is 2.32. The molecular weight excluding hydrogens is 577 g/mol. The number of ether oxygens (including phenoxy) is 1. The summed E-state index contributed by atoms with van der Waals surface area (Å²) in [5, 5.41) is 10.8. The normalized spacial score (nSPS) is 19.4. The highest BCUT2D eigenvalue weighted by molar-refractivity contribution is 7.23. The largest absolute Gasteiger partial charge is 0.462 e. The van der Waals surface area contributed by atoms with Gasteiger partial charge in [-0.25, -0.2) is 4.39 Å². The first kappa shape index (κ1) is 28.3. The molecule has 2 aliphatic rings. The van der Waals surface area contributed by atoms with Crippen molar-refractivity contribution < 1.29 is 13.9 Å². The van der Waals surface area contributed by atoms with Crippen molar-refractivity contribution in [3.63, 3.8) is 0 Å². The number of halogens is 2. The molecule has 0 bridgehead atoms. The molecule has 0 radical (unpaired) electrons. The predicted molar refractivity (Wildman–Crippen MR) is 162 cm³/mol. The number of amides is 1. The van der Waals surface area contributed by atoms with Crippen LogP contribution in [-0.2, 0) is 4.79 Å². The van der Waals surface area contributed by atoms with Gasteiger partial charge in [-0.1, -0.05) is 36.4 Å². The van der Waals surface area contributed by atoms with Crippen LogP contribution in [0.5, 0.6) is 6.01 Å². The Kier molecular flexibility index (Phi) is 7.94. The lowest BCUT2D eigenvalue weighted by atomic mass is 10.1. The third-order valence-corrected chi connectivity index (χ3v) is 9.37. The maximum absolute atomic E-state index is 16.5. The first-order valence-electron chi connectivity index (χ1n) is 13.8. The number of likely N-dealkylation sites (N-methyl/N-ethyl adjacent to an activating group) is 1. The summed E-state index contributed by atoms with van der Waals surface area (Å²) in [6.07, 6.45) is 5.08. The van der Waals surface area contributed by atoms with Crippen molar-refractivity contribution in [2.75, 3.05) is 44.7 Å². The van der Waals surface area contributed by atoms with Crippen molar-refractivity contribution in [3.05, 3.63) is 53.3 Å². The predicted octanol–water partition coefficient (Wildman–Crippen LogP) is 5.29. The van der Waals surface area contributed by atoms with Crippen molar-refractivity contribution in [2.24, 2.45) is 0 Å². The van der Waals surface area contributed by atoms with Crippen LogP contribution >= 0.6 is 22.9 Å². The van der Waals surface area contributed by atoms with Gasteiger partial charge in [0.2, 0.25) is 5.91 Å². The van der Waals surface area contributed by atoms with E-state index in [1.807, 2.05) is 29.2 Å². The minimum absolute atomic E-state index is 0.0765. The number of nitrogens with zero attached hydrogens (tertiary/aromatic N) is 7.